The molecule has 1 N–H and O–H groups in total. The summed E-state index contributed by atoms with van der Waals surface area (Å²) in [5.41, 5.74) is 2.66. The van der Waals surface area contributed by atoms with Crippen molar-refractivity contribution in [2.24, 2.45) is 0 Å². The minimum atomic E-state index is 0.933. The van der Waals surface area contributed by atoms with Crippen molar-refractivity contribution in [3.63, 3.8) is 0 Å². The van der Waals surface area contributed by atoms with Crippen LogP contribution >= 0.6 is 0 Å². The number of rotatable bonds is 5. The maximum absolute atomic E-state index is 4.01. The lowest BCUT2D eigenvalue weighted by atomic mass is 10.2. The molecule has 2 rings (SSSR count). The Kier molecular flexibility index (Phi) is 3.72. The van der Waals surface area contributed by atoms with Gasteiger partial charge in [-0.2, -0.15) is 0 Å². The van der Waals surface area contributed by atoms with Crippen LogP contribution in [0.15, 0.2) is 43.0 Å². The normalized spacial score (nSPS) is 10.6. The highest BCUT2D eigenvalue weighted by atomic mass is 14.9. The molecular weight excluding hydrogens is 198 g/mol. The van der Waals surface area contributed by atoms with Crippen LogP contribution in [0.1, 0.15) is 11.1 Å². The molecule has 0 unspecified atom stereocenters. The van der Waals surface area contributed by atoms with Gasteiger partial charge in [-0.3, -0.25) is 4.98 Å². The van der Waals surface area contributed by atoms with E-state index in [9.17, 15) is 0 Å². The van der Waals surface area contributed by atoms with Gasteiger partial charge in [0, 0.05) is 37.9 Å². The van der Waals surface area contributed by atoms with Crippen LogP contribution in [0.25, 0.3) is 0 Å². The molecule has 0 saturated carbocycles. The van der Waals surface area contributed by atoms with Gasteiger partial charge in [0.25, 0.3) is 0 Å². The fourth-order valence-corrected chi connectivity index (χ4v) is 1.75. The van der Waals surface area contributed by atoms with E-state index in [1.165, 1.54) is 11.1 Å². The summed E-state index contributed by atoms with van der Waals surface area (Å²) in [4.78, 5) is 4.01. The van der Waals surface area contributed by atoms with E-state index in [2.05, 4.69) is 45.5 Å². The smallest absolute Gasteiger partial charge is 0.0270 e. The fourth-order valence-electron chi connectivity index (χ4n) is 1.75. The monoisotopic (exact) mass is 215 g/mol. The molecule has 0 spiro atoms. The molecule has 0 amide bonds. The van der Waals surface area contributed by atoms with Gasteiger partial charge in [0.1, 0.15) is 0 Å². The highest BCUT2D eigenvalue weighted by molar-refractivity contribution is 5.12. The molecule has 0 aliphatic heterocycles. The summed E-state index contributed by atoms with van der Waals surface area (Å²) in [5.74, 6) is 0. The first-order chi connectivity index (χ1) is 7.88. The molecule has 0 aliphatic carbocycles. The van der Waals surface area contributed by atoms with Gasteiger partial charge in [-0.1, -0.05) is 0 Å². The second-order valence-electron chi connectivity index (χ2n) is 3.89. The maximum atomic E-state index is 4.01. The van der Waals surface area contributed by atoms with E-state index >= 15 is 0 Å². The third kappa shape index (κ3) is 2.94. The predicted octanol–water partition coefficient (Wildman–Crippen LogP) is 1.85. The zero-order chi connectivity index (χ0) is 11.2. The van der Waals surface area contributed by atoms with Crippen LogP contribution in [0.3, 0.4) is 0 Å². The Morgan fingerprint density at radius 1 is 1.19 bits per heavy atom. The number of hydrogen-bond acceptors (Lipinski definition) is 2. The molecule has 2 aromatic heterocycles. The molecule has 0 saturated heterocycles. The standard InChI is InChI=1S/C13H17N3/c1-14-10-13-5-9-16(11-13)8-4-12-2-6-15-7-3-12/h2-3,5-7,9,11,14H,4,8,10H2,1H3. The Morgan fingerprint density at radius 3 is 2.75 bits per heavy atom. The van der Waals surface area contributed by atoms with E-state index in [0.717, 1.165) is 19.5 Å². The van der Waals surface area contributed by atoms with Gasteiger partial charge in [0.2, 0.25) is 0 Å². The molecule has 0 fully saturated rings. The van der Waals surface area contributed by atoms with Crippen molar-refractivity contribution in [2.45, 2.75) is 19.5 Å². The van der Waals surface area contributed by atoms with Gasteiger partial charge in [-0.15, -0.1) is 0 Å². The van der Waals surface area contributed by atoms with Gasteiger partial charge < -0.3 is 9.88 Å². The largest absolute Gasteiger partial charge is 0.354 e. The number of nitrogens with zero attached hydrogens (tertiary/aromatic N) is 2. The summed E-state index contributed by atoms with van der Waals surface area (Å²) in [6.45, 7) is 1.95. The first kappa shape index (κ1) is 10.9. The number of hydrogen-bond donors (Lipinski definition) is 1. The summed E-state index contributed by atoms with van der Waals surface area (Å²) in [6, 6.07) is 6.29. The molecule has 16 heavy (non-hydrogen) atoms. The van der Waals surface area contributed by atoms with Crippen LogP contribution in [0, 0.1) is 0 Å². The SMILES string of the molecule is CNCc1ccn(CCc2ccncc2)c1. The van der Waals surface area contributed by atoms with Crippen LogP contribution < -0.4 is 5.32 Å². The Balaban J connectivity index is 1.89. The molecule has 0 aromatic carbocycles. The van der Waals surface area contributed by atoms with Crippen LogP contribution in [-0.2, 0) is 19.5 Å². The lowest BCUT2D eigenvalue weighted by Crippen LogP contribution is -2.04. The number of aryl methyl sites for hydroxylation is 2. The van der Waals surface area contributed by atoms with Gasteiger partial charge in [-0.25, -0.2) is 0 Å². The minimum Gasteiger partial charge on any atom is -0.354 e. The van der Waals surface area contributed by atoms with Gasteiger partial charge >= 0.3 is 0 Å². The van der Waals surface area contributed by atoms with E-state index in [1.807, 2.05) is 19.4 Å². The lowest BCUT2D eigenvalue weighted by molar-refractivity contribution is 0.695. The van der Waals surface area contributed by atoms with Crippen molar-refractivity contribution in [3.05, 3.63) is 54.1 Å². The summed E-state index contributed by atoms with van der Waals surface area (Å²) < 4.78 is 2.23. The van der Waals surface area contributed by atoms with Crippen molar-refractivity contribution in [1.82, 2.24) is 14.9 Å². The van der Waals surface area contributed by atoms with Gasteiger partial charge in [0.05, 0.1) is 0 Å². The molecule has 2 heterocycles. The summed E-state index contributed by atoms with van der Waals surface area (Å²) in [6.07, 6.45) is 9.07. The molecule has 84 valence electrons. The van der Waals surface area contributed by atoms with E-state index in [1.54, 1.807) is 0 Å². The number of aromatic nitrogens is 2. The van der Waals surface area contributed by atoms with Crippen LogP contribution in [0.5, 0.6) is 0 Å². The van der Waals surface area contributed by atoms with Crippen molar-refractivity contribution in [1.29, 1.82) is 0 Å². The average molecular weight is 215 g/mol. The van der Waals surface area contributed by atoms with Gasteiger partial charge in [-0.05, 0) is 42.8 Å². The average Bonchev–Trinajstić information content (AvgIpc) is 2.76. The third-order valence-electron chi connectivity index (χ3n) is 2.60. The minimum absolute atomic E-state index is 0.933. The third-order valence-corrected chi connectivity index (χ3v) is 2.60. The number of nitrogens with one attached hydrogen (secondary N) is 1. The van der Waals surface area contributed by atoms with E-state index < -0.39 is 0 Å². The Morgan fingerprint density at radius 2 is 2.00 bits per heavy atom. The molecule has 0 radical (unpaired) electrons. The Labute approximate surface area is 96.1 Å². The predicted molar refractivity (Wildman–Crippen MR) is 65.1 cm³/mol. The van der Waals surface area contributed by atoms with Crippen LogP contribution in [-0.4, -0.2) is 16.6 Å². The molecular formula is C13H17N3. The highest BCUT2D eigenvalue weighted by Crippen LogP contribution is 2.04. The highest BCUT2D eigenvalue weighted by Gasteiger charge is 1.96. The Hall–Kier alpha value is -1.61. The summed E-state index contributed by atoms with van der Waals surface area (Å²) in [5, 5.41) is 3.15. The quantitative estimate of drug-likeness (QED) is 0.825. The topological polar surface area (TPSA) is 29.9 Å². The van der Waals surface area contributed by atoms with E-state index in [4.69, 9.17) is 0 Å². The van der Waals surface area contributed by atoms with E-state index in [0.29, 0.717) is 0 Å². The van der Waals surface area contributed by atoms with Crippen molar-refractivity contribution in [3.8, 4) is 0 Å². The Bertz CT molecular complexity index is 420. The van der Waals surface area contributed by atoms with Crippen LogP contribution in [0.2, 0.25) is 0 Å². The van der Waals surface area contributed by atoms with Crippen molar-refractivity contribution in [2.75, 3.05) is 7.05 Å². The van der Waals surface area contributed by atoms with Crippen molar-refractivity contribution >= 4 is 0 Å². The zero-order valence-corrected chi connectivity index (χ0v) is 9.56. The lowest BCUT2D eigenvalue weighted by Gasteiger charge is -2.02. The van der Waals surface area contributed by atoms with E-state index in [-0.39, 0.29) is 0 Å². The number of pyridine rings is 1. The van der Waals surface area contributed by atoms with Crippen molar-refractivity contribution < 1.29 is 0 Å². The molecule has 3 heteroatoms. The molecule has 0 atom stereocenters. The zero-order valence-electron chi connectivity index (χ0n) is 9.56. The summed E-state index contributed by atoms with van der Waals surface area (Å²) >= 11 is 0. The molecule has 2 aromatic rings. The second kappa shape index (κ2) is 5.47. The molecule has 0 aliphatic rings. The molecule has 3 nitrogen and oxygen atoms in total. The first-order valence-electron chi connectivity index (χ1n) is 5.56. The fraction of sp³-hybridized carbons (Fsp3) is 0.308. The van der Waals surface area contributed by atoms with Crippen LogP contribution in [0.4, 0.5) is 0 Å². The maximum Gasteiger partial charge on any atom is 0.0270 e. The summed E-state index contributed by atoms with van der Waals surface area (Å²) in [7, 11) is 1.97. The second-order valence-corrected chi connectivity index (χ2v) is 3.89. The van der Waals surface area contributed by atoms with Gasteiger partial charge in [0.15, 0.2) is 0 Å². The molecule has 0 bridgehead atoms. The first-order valence-corrected chi connectivity index (χ1v) is 5.56.